The molecule has 0 unspecified atom stereocenters. The number of carbonyl (C=O) groups excluding carboxylic acids is 2. The molecule has 2 amide bonds. The highest BCUT2D eigenvalue weighted by Crippen LogP contribution is 2.36. The first-order valence-corrected chi connectivity index (χ1v) is 14.8. The lowest BCUT2D eigenvalue weighted by molar-refractivity contribution is 0.0253. The SMILES string of the molecule is COc1ccc(/C=C2\CN(C(=O)OC(C)(C)C)Cc3c(C(=O)NN4CCC(O)CC4)nn(-c4ccc(Cl)cc4Cl)c32)cc1. The molecular formula is C31H35Cl2N5O5. The maximum absolute atomic E-state index is 13.8. The van der Waals surface area contributed by atoms with Crippen molar-refractivity contribution in [3.8, 4) is 11.4 Å². The summed E-state index contributed by atoms with van der Waals surface area (Å²) in [5.41, 5.74) is 5.72. The Morgan fingerprint density at radius 1 is 1.07 bits per heavy atom. The molecule has 2 aliphatic heterocycles. The first kappa shape index (κ1) is 30.9. The largest absolute Gasteiger partial charge is 0.497 e. The highest BCUT2D eigenvalue weighted by Gasteiger charge is 2.36. The first-order chi connectivity index (χ1) is 20.4. The molecule has 0 atom stereocenters. The maximum Gasteiger partial charge on any atom is 0.410 e. The van der Waals surface area contributed by atoms with Gasteiger partial charge in [0.2, 0.25) is 0 Å². The molecule has 0 aliphatic carbocycles. The van der Waals surface area contributed by atoms with Crippen molar-refractivity contribution in [3.63, 3.8) is 0 Å². The predicted molar refractivity (Wildman–Crippen MR) is 165 cm³/mol. The lowest BCUT2D eigenvalue weighted by Gasteiger charge is -2.32. The summed E-state index contributed by atoms with van der Waals surface area (Å²) in [5, 5.41) is 17.3. The molecule has 0 spiro atoms. The molecule has 12 heteroatoms. The number of amides is 2. The van der Waals surface area contributed by atoms with Crippen molar-refractivity contribution in [2.75, 3.05) is 26.7 Å². The van der Waals surface area contributed by atoms with Crippen LogP contribution in [0.25, 0.3) is 17.3 Å². The van der Waals surface area contributed by atoms with E-state index < -0.39 is 17.6 Å². The first-order valence-electron chi connectivity index (χ1n) is 14.1. The number of carbonyl (C=O) groups is 2. The third kappa shape index (κ3) is 7.15. The van der Waals surface area contributed by atoms with Gasteiger partial charge in [-0.1, -0.05) is 35.3 Å². The lowest BCUT2D eigenvalue weighted by atomic mass is 9.97. The Kier molecular flexibility index (Phi) is 9.03. The molecule has 0 saturated carbocycles. The van der Waals surface area contributed by atoms with E-state index in [0.29, 0.717) is 58.7 Å². The average Bonchev–Trinajstić information content (AvgIpc) is 3.33. The van der Waals surface area contributed by atoms with Gasteiger partial charge in [-0.2, -0.15) is 5.10 Å². The van der Waals surface area contributed by atoms with E-state index in [2.05, 4.69) is 5.43 Å². The molecule has 1 fully saturated rings. The smallest absolute Gasteiger partial charge is 0.410 e. The van der Waals surface area contributed by atoms with Gasteiger partial charge in [-0.3, -0.25) is 15.1 Å². The number of aromatic nitrogens is 2. The van der Waals surface area contributed by atoms with Crippen LogP contribution in [0.4, 0.5) is 4.79 Å². The normalized spacial score (nSPS) is 17.1. The van der Waals surface area contributed by atoms with Crippen molar-refractivity contribution in [1.82, 2.24) is 25.1 Å². The number of hydrogen-bond acceptors (Lipinski definition) is 7. The van der Waals surface area contributed by atoms with Gasteiger partial charge in [0.15, 0.2) is 5.69 Å². The van der Waals surface area contributed by atoms with E-state index in [1.165, 1.54) is 0 Å². The summed E-state index contributed by atoms with van der Waals surface area (Å²) in [6.45, 7) is 6.74. The van der Waals surface area contributed by atoms with Crippen LogP contribution in [0.1, 0.15) is 60.9 Å². The van der Waals surface area contributed by atoms with Gasteiger partial charge in [-0.05, 0) is 81.2 Å². The summed E-state index contributed by atoms with van der Waals surface area (Å²) in [6, 6.07) is 12.6. The highest BCUT2D eigenvalue weighted by atomic mass is 35.5. The van der Waals surface area contributed by atoms with Crippen molar-refractivity contribution >= 4 is 46.9 Å². The van der Waals surface area contributed by atoms with E-state index in [-0.39, 0.29) is 24.9 Å². The topological polar surface area (TPSA) is 109 Å². The standard InChI is InChI=1S/C31H35Cl2N5O5/c1-31(2,3)43-30(41)36-17-20(15-19-5-8-23(42-4)9-6-19)28-24(18-36)27(29(40)35-37-13-11-22(39)12-14-37)34-38(28)26-10-7-21(32)16-25(26)33/h5-10,15-16,22,39H,11-14,17-18H2,1-4H3,(H,35,40)/b20-15+. The van der Waals surface area contributed by atoms with E-state index in [4.69, 9.17) is 37.8 Å². The summed E-state index contributed by atoms with van der Waals surface area (Å²) < 4.78 is 12.7. The number of hydrazine groups is 1. The second-order valence-corrected chi connectivity index (χ2v) is 12.5. The molecule has 3 heterocycles. The van der Waals surface area contributed by atoms with Gasteiger partial charge in [0, 0.05) is 23.7 Å². The molecule has 2 aromatic carbocycles. The molecule has 2 aliphatic rings. The van der Waals surface area contributed by atoms with Crippen molar-refractivity contribution in [2.45, 2.75) is 51.9 Å². The minimum atomic E-state index is -0.711. The summed E-state index contributed by atoms with van der Waals surface area (Å²) in [6.07, 6.45) is 2.15. The maximum atomic E-state index is 13.8. The summed E-state index contributed by atoms with van der Waals surface area (Å²) in [4.78, 5) is 28.7. The third-order valence-electron chi connectivity index (χ3n) is 7.18. The zero-order chi connectivity index (χ0) is 30.9. The number of halogens is 2. The van der Waals surface area contributed by atoms with Gasteiger partial charge in [0.05, 0.1) is 42.7 Å². The van der Waals surface area contributed by atoms with E-state index in [1.54, 1.807) is 39.9 Å². The van der Waals surface area contributed by atoms with Crippen LogP contribution in [0.5, 0.6) is 5.75 Å². The van der Waals surface area contributed by atoms with Gasteiger partial charge >= 0.3 is 6.09 Å². The monoisotopic (exact) mass is 627 g/mol. The second kappa shape index (κ2) is 12.6. The molecule has 10 nitrogen and oxygen atoms in total. The van der Waals surface area contributed by atoms with Crippen LogP contribution in [0.15, 0.2) is 42.5 Å². The average molecular weight is 629 g/mol. The number of methoxy groups -OCH3 is 1. The van der Waals surface area contributed by atoms with E-state index in [0.717, 1.165) is 11.1 Å². The van der Waals surface area contributed by atoms with Gasteiger partial charge < -0.3 is 14.6 Å². The van der Waals surface area contributed by atoms with Crippen LogP contribution in [0, 0.1) is 0 Å². The Morgan fingerprint density at radius 2 is 1.77 bits per heavy atom. The Labute approximate surface area is 260 Å². The molecule has 1 aromatic heterocycles. The Morgan fingerprint density at radius 3 is 2.40 bits per heavy atom. The Bertz CT molecular complexity index is 1540. The van der Waals surface area contributed by atoms with Crippen LogP contribution < -0.4 is 10.2 Å². The minimum absolute atomic E-state index is 0.0941. The molecular weight excluding hydrogens is 593 g/mol. The fourth-order valence-corrected chi connectivity index (χ4v) is 5.60. The van der Waals surface area contributed by atoms with Crippen LogP contribution in [-0.2, 0) is 11.3 Å². The molecule has 0 radical (unpaired) electrons. The minimum Gasteiger partial charge on any atom is -0.497 e. The fraction of sp³-hybridized carbons (Fsp3) is 0.387. The number of nitrogens with zero attached hydrogens (tertiary/aromatic N) is 4. The Hall–Kier alpha value is -3.57. The number of rotatable bonds is 5. The quantitative estimate of drug-likeness (QED) is 0.380. The van der Waals surface area contributed by atoms with Gasteiger partial charge in [-0.15, -0.1) is 0 Å². The molecule has 5 rings (SSSR count). The van der Waals surface area contributed by atoms with E-state index in [9.17, 15) is 14.7 Å². The number of aliphatic hydroxyl groups excluding tert-OH is 1. The Balaban J connectivity index is 1.65. The van der Waals surface area contributed by atoms with Crippen molar-refractivity contribution in [2.24, 2.45) is 0 Å². The summed E-state index contributed by atoms with van der Waals surface area (Å²) in [7, 11) is 1.60. The zero-order valence-electron chi connectivity index (χ0n) is 24.6. The van der Waals surface area contributed by atoms with Crippen LogP contribution in [0.2, 0.25) is 10.0 Å². The summed E-state index contributed by atoms with van der Waals surface area (Å²) in [5.74, 6) is 0.287. The van der Waals surface area contributed by atoms with Crippen LogP contribution >= 0.6 is 23.2 Å². The highest BCUT2D eigenvalue weighted by molar-refractivity contribution is 6.35. The van der Waals surface area contributed by atoms with Gasteiger partial charge in [0.1, 0.15) is 11.4 Å². The second-order valence-electron chi connectivity index (χ2n) is 11.6. The fourth-order valence-electron chi connectivity index (χ4n) is 5.11. The number of hydrogen-bond donors (Lipinski definition) is 2. The van der Waals surface area contributed by atoms with Gasteiger partial charge in [-0.25, -0.2) is 14.5 Å². The number of nitrogens with one attached hydrogen (secondary N) is 1. The zero-order valence-corrected chi connectivity index (χ0v) is 26.1. The van der Waals surface area contributed by atoms with Crippen molar-refractivity contribution in [3.05, 3.63) is 75.0 Å². The van der Waals surface area contributed by atoms with E-state index >= 15 is 0 Å². The van der Waals surface area contributed by atoms with Crippen LogP contribution in [-0.4, -0.2) is 75.2 Å². The van der Waals surface area contributed by atoms with Crippen molar-refractivity contribution in [1.29, 1.82) is 0 Å². The number of aliphatic hydroxyl groups is 1. The van der Waals surface area contributed by atoms with E-state index in [1.807, 2.05) is 51.1 Å². The predicted octanol–water partition coefficient (Wildman–Crippen LogP) is 5.58. The van der Waals surface area contributed by atoms with Gasteiger partial charge in [0.25, 0.3) is 5.91 Å². The molecule has 0 bridgehead atoms. The number of piperidine rings is 1. The number of fused-ring (bicyclic) bond motifs is 1. The third-order valence-corrected chi connectivity index (χ3v) is 7.72. The molecule has 2 N–H and O–H groups in total. The molecule has 228 valence electrons. The summed E-state index contributed by atoms with van der Waals surface area (Å²) >= 11 is 12.9. The molecule has 3 aromatic rings. The van der Waals surface area contributed by atoms with Crippen molar-refractivity contribution < 1.29 is 24.2 Å². The number of benzene rings is 2. The lowest BCUT2D eigenvalue weighted by Crippen LogP contribution is -2.48. The molecule has 1 saturated heterocycles. The number of ether oxygens (including phenoxy) is 2. The van der Waals surface area contributed by atoms with Crippen LogP contribution in [0.3, 0.4) is 0 Å². The molecule has 43 heavy (non-hydrogen) atoms.